The Morgan fingerprint density at radius 2 is 2.36 bits per heavy atom. The van der Waals surface area contributed by atoms with E-state index in [1.807, 2.05) is 4.90 Å². The summed E-state index contributed by atoms with van der Waals surface area (Å²) < 4.78 is 5.24. The van der Waals surface area contributed by atoms with Crippen LogP contribution in [0.2, 0.25) is 0 Å². The maximum absolute atomic E-state index is 11.9. The van der Waals surface area contributed by atoms with Crippen LogP contribution < -0.4 is 5.32 Å². The van der Waals surface area contributed by atoms with Crippen molar-refractivity contribution in [2.24, 2.45) is 5.92 Å². The fourth-order valence-electron chi connectivity index (χ4n) is 2.24. The molecule has 0 bridgehead atoms. The summed E-state index contributed by atoms with van der Waals surface area (Å²) in [7, 11) is 1.72. The van der Waals surface area contributed by atoms with E-state index < -0.39 is 0 Å². The van der Waals surface area contributed by atoms with Gasteiger partial charge in [0.05, 0.1) is 12.0 Å². The van der Waals surface area contributed by atoms with Crippen molar-refractivity contribution in [2.45, 2.75) is 18.9 Å². The maximum atomic E-state index is 11.9. The summed E-state index contributed by atoms with van der Waals surface area (Å²) in [6.45, 7) is 3.49. The highest BCUT2D eigenvalue weighted by Crippen LogP contribution is 2.18. The topological polar surface area (TPSA) is 41.6 Å². The first kappa shape index (κ1) is 9.93. The van der Waals surface area contributed by atoms with Crippen molar-refractivity contribution in [3.8, 4) is 0 Å². The molecule has 1 N–H and O–H groups in total. The number of hydrogen-bond acceptors (Lipinski definition) is 3. The van der Waals surface area contributed by atoms with Crippen LogP contribution >= 0.6 is 0 Å². The van der Waals surface area contributed by atoms with Crippen molar-refractivity contribution in [1.29, 1.82) is 0 Å². The third kappa shape index (κ3) is 1.91. The summed E-state index contributed by atoms with van der Waals surface area (Å²) in [6, 6.07) is 0. The zero-order chi connectivity index (χ0) is 9.97. The molecule has 0 saturated carbocycles. The lowest BCUT2D eigenvalue weighted by Gasteiger charge is -2.19. The molecule has 2 saturated heterocycles. The molecule has 0 spiro atoms. The molecule has 1 amide bonds. The smallest absolute Gasteiger partial charge is 0.227 e. The second-order valence-electron chi connectivity index (χ2n) is 4.12. The van der Waals surface area contributed by atoms with Gasteiger partial charge >= 0.3 is 0 Å². The summed E-state index contributed by atoms with van der Waals surface area (Å²) in [5.41, 5.74) is 0. The lowest BCUT2D eigenvalue weighted by atomic mass is 10.1. The van der Waals surface area contributed by atoms with Crippen LogP contribution in [-0.4, -0.2) is 50.2 Å². The third-order valence-electron chi connectivity index (χ3n) is 3.20. The van der Waals surface area contributed by atoms with Gasteiger partial charge in [-0.2, -0.15) is 0 Å². The molecular formula is C10H18N2O2. The molecule has 2 fully saturated rings. The Hall–Kier alpha value is -0.610. The van der Waals surface area contributed by atoms with Crippen molar-refractivity contribution in [2.75, 3.05) is 33.3 Å². The number of likely N-dealkylation sites (tertiary alicyclic amines) is 1. The Balaban J connectivity index is 1.86. The van der Waals surface area contributed by atoms with Gasteiger partial charge in [-0.25, -0.2) is 0 Å². The van der Waals surface area contributed by atoms with Crippen molar-refractivity contribution < 1.29 is 9.53 Å². The number of nitrogens with one attached hydrogen (secondary N) is 1. The van der Waals surface area contributed by atoms with Gasteiger partial charge in [-0.3, -0.25) is 4.79 Å². The molecular weight excluding hydrogens is 180 g/mol. The number of nitrogens with zero attached hydrogens (tertiary/aromatic N) is 1. The van der Waals surface area contributed by atoms with Crippen LogP contribution in [0.15, 0.2) is 0 Å². The predicted molar refractivity (Wildman–Crippen MR) is 53.0 cm³/mol. The molecule has 0 aliphatic carbocycles. The molecule has 4 heteroatoms. The normalized spacial score (nSPS) is 32.5. The molecule has 2 heterocycles. The molecule has 0 aromatic carbocycles. The maximum Gasteiger partial charge on any atom is 0.227 e. The Kier molecular flexibility index (Phi) is 3.03. The highest BCUT2D eigenvalue weighted by Gasteiger charge is 2.31. The quantitative estimate of drug-likeness (QED) is 0.670. The number of rotatable bonds is 2. The lowest BCUT2D eigenvalue weighted by molar-refractivity contribution is -0.134. The monoisotopic (exact) mass is 198 g/mol. The second kappa shape index (κ2) is 4.28. The van der Waals surface area contributed by atoms with E-state index in [2.05, 4.69) is 5.32 Å². The first-order chi connectivity index (χ1) is 6.81. The van der Waals surface area contributed by atoms with E-state index >= 15 is 0 Å². The third-order valence-corrected chi connectivity index (χ3v) is 3.20. The average Bonchev–Trinajstić information content (AvgIpc) is 2.88. The highest BCUT2D eigenvalue weighted by molar-refractivity contribution is 5.79. The van der Waals surface area contributed by atoms with E-state index in [-0.39, 0.29) is 12.0 Å². The van der Waals surface area contributed by atoms with E-state index in [0.717, 1.165) is 39.0 Å². The van der Waals surface area contributed by atoms with Crippen molar-refractivity contribution in [1.82, 2.24) is 10.2 Å². The van der Waals surface area contributed by atoms with E-state index in [9.17, 15) is 4.79 Å². The number of methoxy groups -OCH3 is 1. The average molecular weight is 198 g/mol. The van der Waals surface area contributed by atoms with Gasteiger partial charge in [-0.1, -0.05) is 0 Å². The molecule has 2 atom stereocenters. The predicted octanol–water partition coefficient (Wildman–Crippen LogP) is -0.157. The van der Waals surface area contributed by atoms with Crippen LogP contribution in [-0.2, 0) is 9.53 Å². The van der Waals surface area contributed by atoms with Gasteiger partial charge in [-0.05, 0) is 19.4 Å². The minimum atomic E-state index is 0.214. The van der Waals surface area contributed by atoms with Crippen molar-refractivity contribution in [3.63, 3.8) is 0 Å². The molecule has 0 unspecified atom stereocenters. The van der Waals surface area contributed by atoms with Gasteiger partial charge in [-0.15, -0.1) is 0 Å². The minimum Gasteiger partial charge on any atom is -0.380 e. The van der Waals surface area contributed by atoms with Gasteiger partial charge in [0.15, 0.2) is 0 Å². The second-order valence-corrected chi connectivity index (χ2v) is 4.12. The van der Waals surface area contributed by atoms with Gasteiger partial charge in [0.25, 0.3) is 0 Å². The summed E-state index contributed by atoms with van der Waals surface area (Å²) in [5.74, 6) is 0.528. The van der Waals surface area contributed by atoms with Gasteiger partial charge in [0.1, 0.15) is 0 Å². The first-order valence-corrected chi connectivity index (χ1v) is 5.33. The molecule has 80 valence electrons. The standard InChI is InChI=1S/C10H18N2O2/c1-14-9-3-5-12(7-9)10(13)8-2-4-11-6-8/h8-9,11H,2-7H2,1H3/t8-,9-/m1/s1. The Bertz CT molecular complexity index is 214. The van der Waals surface area contributed by atoms with Crippen LogP contribution in [0.1, 0.15) is 12.8 Å². The van der Waals surface area contributed by atoms with Crippen LogP contribution in [0.25, 0.3) is 0 Å². The number of amides is 1. The fraction of sp³-hybridized carbons (Fsp3) is 0.900. The molecule has 0 aromatic heterocycles. The fourth-order valence-corrected chi connectivity index (χ4v) is 2.24. The van der Waals surface area contributed by atoms with Crippen LogP contribution in [0, 0.1) is 5.92 Å². The summed E-state index contributed by atoms with van der Waals surface area (Å²) in [5, 5.41) is 3.22. The Morgan fingerprint density at radius 1 is 1.50 bits per heavy atom. The van der Waals surface area contributed by atoms with E-state index in [1.54, 1.807) is 7.11 Å². The van der Waals surface area contributed by atoms with Crippen LogP contribution in [0.5, 0.6) is 0 Å². The Morgan fingerprint density at radius 3 is 2.93 bits per heavy atom. The van der Waals surface area contributed by atoms with Crippen LogP contribution in [0.3, 0.4) is 0 Å². The molecule has 14 heavy (non-hydrogen) atoms. The molecule has 2 aliphatic rings. The van der Waals surface area contributed by atoms with Crippen molar-refractivity contribution >= 4 is 5.91 Å². The molecule has 0 aromatic rings. The highest BCUT2D eigenvalue weighted by atomic mass is 16.5. The van der Waals surface area contributed by atoms with Crippen LogP contribution in [0.4, 0.5) is 0 Å². The van der Waals surface area contributed by atoms with E-state index in [4.69, 9.17) is 4.74 Å². The number of hydrogen-bond donors (Lipinski definition) is 1. The molecule has 2 rings (SSSR count). The SMILES string of the molecule is CO[C@@H]1CCN(C(=O)[C@@H]2CCNC2)C1. The van der Waals surface area contributed by atoms with Gasteiger partial charge in [0, 0.05) is 26.7 Å². The molecule has 4 nitrogen and oxygen atoms in total. The first-order valence-electron chi connectivity index (χ1n) is 5.33. The number of carbonyl (C=O) groups is 1. The summed E-state index contributed by atoms with van der Waals surface area (Å²) >= 11 is 0. The Labute approximate surface area is 84.6 Å². The molecule has 2 aliphatic heterocycles. The molecule has 0 radical (unpaired) electrons. The summed E-state index contributed by atoms with van der Waals surface area (Å²) in [6.07, 6.45) is 2.24. The zero-order valence-corrected chi connectivity index (χ0v) is 8.66. The van der Waals surface area contributed by atoms with E-state index in [0.29, 0.717) is 5.91 Å². The number of carbonyl (C=O) groups excluding carboxylic acids is 1. The zero-order valence-electron chi connectivity index (χ0n) is 8.66. The van der Waals surface area contributed by atoms with Crippen molar-refractivity contribution in [3.05, 3.63) is 0 Å². The van der Waals surface area contributed by atoms with Gasteiger partial charge < -0.3 is 15.0 Å². The minimum absolute atomic E-state index is 0.214. The summed E-state index contributed by atoms with van der Waals surface area (Å²) in [4.78, 5) is 13.9. The van der Waals surface area contributed by atoms with Gasteiger partial charge in [0.2, 0.25) is 5.91 Å². The van der Waals surface area contributed by atoms with E-state index in [1.165, 1.54) is 0 Å². The lowest BCUT2D eigenvalue weighted by Crippen LogP contribution is -2.36. The number of ether oxygens (including phenoxy) is 1. The largest absolute Gasteiger partial charge is 0.380 e.